The van der Waals surface area contributed by atoms with Crippen LogP contribution in [0.1, 0.15) is 31.9 Å². The topological polar surface area (TPSA) is 144 Å². The van der Waals surface area contributed by atoms with Crippen LogP contribution in [0.3, 0.4) is 0 Å². The van der Waals surface area contributed by atoms with Crippen molar-refractivity contribution < 1.29 is 14.7 Å². The van der Waals surface area contributed by atoms with Gasteiger partial charge in [-0.15, -0.1) is 0 Å². The number of hydrogen-bond acceptors (Lipinski definition) is 8. The Bertz CT molecular complexity index is 983. The number of nitriles is 1. The predicted molar refractivity (Wildman–Crippen MR) is 114 cm³/mol. The van der Waals surface area contributed by atoms with Crippen LogP contribution < -0.4 is 10.6 Å². The molecule has 0 bridgehead atoms. The minimum absolute atomic E-state index is 0.0463. The zero-order valence-corrected chi connectivity index (χ0v) is 17.5. The van der Waals surface area contributed by atoms with E-state index >= 15 is 0 Å². The van der Waals surface area contributed by atoms with Crippen LogP contribution in [0.2, 0.25) is 0 Å². The van der Waals surface area contributed by atoms with Gasteiger partial charge in [-0.05, 0) is 25.3 Å². The van der Waals surface area contributed by atoms with Crippen LogP contribution >= 0.6 is 0 Å². The number of carbonyl (C=O) groups is 2. The Morgan fingerprint density at radius 2 is 2.06 bits per heavy atom. The minimum atomic E-state index is -0.577. The molecule has 2 heterocycles. The molecule has 0 unspecified atom stereocenters. The average molecular weight is 423 g/mol. The second kappa shape index (κ2) is 9.95. The maximum atomic E-state index is 12.6. The summed E-state index contributed by atoms with van der Waals surface area (Å²) in [6.07, 6.45) is 6.80. The number of aliphatic hydroxyl groups is 1. The Kier molecular flexibility index (Phi) is 7.10. The molecule has 0 saturated heterocycles. The van der Waals surface area contributed by atoms with Gasteiger partial charge in [0.15, 0.2) is 11.5 Å². The monoisotopic (exact) mass is 423 g/mol. The Labute approximate surface area is 180 Å². The summed E-state index contributed by atoms with van der Waals surface area (Å²) in [5.74, 6) is 0.212. The number of aliphatic hydroxyl groups excluding tert-OH is 1. The molecule has 3 N–H and O–H groups in total. The summed E-state index contributed by atoms with van der Waals surface area (Å²) in [4.78, 5) is 38.6. The molecule has 0 aromatic carbocycles. The molecule has 10 nitrogen and oxygen atoms in total. The maximum absolute atomic E-state index is 12.6. The van der Waals surface area contributed by atoms with Gasteiger partial charge in [0.1, 0.15) is 12.1 Å². The number of nitrogens with one attached hydrogen (secondary N) is 2. The van der Waals surface area contributed by atoms with Crippen molar-refractivity contribution in [2.75, 3.05) is 30.8 Å². The third-order valence-electron chi connectivity index (χ3n) is 4.99. The van der Waals surface area contributed by atoms with Crippen molar-refractivity contribution in [1.29, 1.82) is 5.26 Å². The Balaban J connectivity index is 1.78. The van der Waals surface area contributed by atoms with E-state index in [4.69, 9.17) is 5.11 Å². The van der Waals surface area contributed by atoms with Crippen LogP contribution in [0.25, 0.3) is 11.3 Å². The molecule has 10 heteroatoms. The average Bonchev–Trinajstić information content (AvgIpc) is 3.63. The van der Waals surface area contributed by atoms with E-state index in [-0.39, 0.29) is 36.6 Å². The smallest absolute Gasteiger partial charge is 0.244 e. The van der Waals surface area contributed by atoms with Gasteiger partial charge in [0.25, 0.3) is 0 Å². The number of amides is 2. The van der Waals surface area contributed by atoms with Gasteiger partial charge in [-0.2, -0.15) is 5.26 Å². The molecule has 162 valence electrons. The first-order chi connectivity index (χ1) is 15.0. The van der Waals surface area contributed by atoms with E-state index in [1.165, 1.54) is 23.5 Å². The first-order valence-electron chi connectivity index (χ1n) is 10.1. The molecule has 31 heavy (non-hydrogen) atoms. The third kappa shape index (κ3) is 5.52. The summed E-state index contributed by atoms with van der Waals surface area (Å²) in [5.41, 5.74) is 1.69. The molecule has 1 aliphatic rings. The van der Waals surface area contributed by atoms with Crippen LogP contribution in [-0.2, 0) is 9.59 Å². The lowest BCUT2D eigenvalue weighted by atomic mass is 10.1. The van der Waals surface area contributed by atoms with E-state index in [9.17, 15) is 14.9 Å². The first kappa shape index (κ1) is 22.1. The highest BCUT2D eigenvalue weighted by Crippen LogP contribution is 2.30. The van der Waals surface area contributed by atoms with E-state index in [2.05, 4.69) is 25.6 Å². The molecule has 1 aliphatic carbocycles. The zero-order valence-electron chi connectivity index (χ0n) is 17.5. The van der Waals surface area contributed by atoms with Crippen LogP contribution in [-0.4, -0.2) is 63.0 Å². The molecule has 1 fully saturated rings. The molecule has 1 atom stereocenters. The molecule has 0 aliphatic heterocycles. The Hall–Kier alpha value is -3.58. The highest BCUT2D eigenvalue weighted by molar-refractivity contribution is 5.93. The number of hydrogen-bond donors (Lipinski definition) is 3. The van der Waals surface area contributed by atoms with Gasteiger partial charge in [-0.3, -0.25) is 14.6 Å². The zero-order chi connectivity index (χ0) is 22.4. The molecule has 3 rings (SSSR count). The van der Waals surface area contributed by atoms with Crippen molar-refractivity contribution in [3.05, 3.63) is 30.4 Å². The van der Waals surface area contributed by atoms with Gasteiger partial charge in [-0.1, -0.05) is 6.92 Å². The van der Waals surface area contributed by atoms with Crippen molar-refractivity contribution >= 4 is 23.3 Å². The van der Waals surface area contributed by atoms with Crippen LogP contribution in [0, 0.1) is 17.2 Å². The fourth-order valence-electron chi connectivity index (χ4n) is 2.97. The summed E-state index contributed by atoms with van der Waals surface area (Å²) in [7, 11) is 1.61. The summed E-state index contributed by atoms with van der Waals surface area (Å²) in [5, 5.41) is 24.3. The number of pyridine rings is 1. The second-order valence-corrected chi connectivity index (χ2v) is 7.37. The standard InChI is InChI=1S/C21H25N7O3/c1-3-15(21(31)28(2)6-7-29)26-16-8-14(10-23-17(16)9-22)18-11-25-19(12-24-18)27-20(30)13-4-5-13/h8,10-13,15,26,29H,3-7H2,1-2H3,(H,25,27,30)/t15-/m0/s1. The Morgan fingerprint density at radius 1 is 1.29 bits per heavy atom. The molecule has 2 amide bonds. The maximum Gasteiger partial charge on any atom is 0.244 e. The first-order valence-corrected chi connectivity index (χ1v) is 10.1. The molecule has 1 saturated carbocycles. The second-order valence-electron chi connectivity index (χ2n) is 7.37. The summed E-state index contributed by atoms with van der Waals surface area (Å²) < 4.78 is 0. The van der Waals surface area contributed by atoms with E-state index in [1.54, 1.807) is 13.1 Å². The molecule has 0 spiro atoms. The van der Waals surface area contributed by atoms with Crippen LogP contribution in [0.4, 0.5) is 11.5 Å². The molecular formula is C21H25N7O3. The van der Waals surface area contributed by atoms with E-state index in [1.807, 2.05) is 13.0 Å². The largest absolute Gasteiger partial charge is 0.395 e. The van der Waals surface area contributed by atoms with Gasteiger partial charge >= 0.3 is 0 Å². The van der Waals surface area contributed by atoms with Crippen molar-refractivity contribution in [1.82, 2.24) is 19.9 Å². The Morgan fingerprint density at radius 3 is 2.65 bits per heavy atom. The fourth-order valence-corrected chi connectivity index (χ4v) is 2.97. The van der Waals surface area contributed by atoms with Crippen LogP contribution in [0.15, 0.2) is 24.7 Å². The van der Waals surface area contributed by atoms with Gasteiger partial charge in [0.05, 0.1) is 30.4 Å². The summed E-state index contributed by atoms with van der Waals surface area (Å²) >= 11 is 0. The number of likely N-dealkylation sites (N-methyl/N-ethyl adjacent to an activating group) is 1. The number of rotatable bonds is 9. The van der Waals surface area contributed by atoms with Gasteiger partial charge < -0.3 is 20.6 Å². The van der Waals surface area contributed by atoms with Crippen molar-refractivity contribution in [3.63, 3.8) is 0 Å². The van der Waals surface area contributed by atoms with E-state index in [0.29, 0.717) is 29.2 Å². The summed E-state index contributed by atoms with van der Waals surface area (Å²) in [6, 6.07) is 3.14. The SMILES string of the molecule is CC[C@H](Nc1cc(-c2cnc(NC(=O)C3CC3)cn2)cnc1C#N)C(=O)N(C)CCO. The summed E-state index contributed by atoms with van der Waals surface area (Å²) in [6.45, 7) is 1.94. The number of carbonyl (C=O) groups excluding carboxylic acids is 2. The number of anilines is 2. The minimum Gasteiger partial charge on any atom is -0.395 e. The number of aromatic nitrogens is 3. The van der Waals surface area contributed by atoms with E-state index in [0.717, 1.165) is 12.8 Å². The van der Waals surface area contributed by atoms with Crippen molar-refractivity contribution in [2.45, 2.75) is 32.2 Å². The molecule has 0 radical (unpaired) electrons. The fraction of sp³-hybridized carbons (Fsp3) is 0.429. The molecular weight excluding hydrogens is 398 g/mol. The van der Waals surface area contributed by atoms with Gasteiger partial charge in [0, 0.05) is 31.3 Å². The van der Waals surface area contributed by atoms with E-state index < -0.39 is 6.04 Å². The molecule has 2 aromatic rings. The lowest BCUT2D eigenvalue weighted by Gasteiger charge is -2.24. The van der Waals surface area contributed by atoms with Crippen molar-refractivity contribution in [2.24, 2.45) is 5.92 Å². The number of nitrogens with zero attached hydrogens (tertiary/aromatic N) is 5. The van der Waals surface area contributed by atoms with Crippen molar-refractivity contribution in [3.8, 4) is 17.3 Å². The molecule has 2 aromatic heterocycles. The normalized spacial score (nSPS) is 13.7. The highest BCUT2D eigenvalue weighted by Gasteiger charge is 2.29. The van der Waals surface area contributed by atoms with Gasteiger partial charge in [-0.25, -0.2) is 9.97 Å². The highest BCUT2D eigenvalue weighted by atomic mass is 16.3. The lowest BCUT2D eigenvalue weighted by Crippen LogP contribution is -2.41. The van der Waals surface area contributed by atoms with Crippen LogP contribution in [0.5, 0.6) is 0 Å². The quantitative estimate of drug-likeness (QED) is 0.549. The third-order valence-corrected chi connectivity index (χ3v) is 4.99. The lowest BCUT2D eigenvalue weighted by molar-refractivity contribution is -0.131. The van der Waals surface area contributed by atoms with Gasteiger partial charge in [0.2, 0.25) is 11.8 Å². The predicted octanol–water partition coefficient (Wildman–Crippen LogP) is 1.40.